The molecule has 12 nitrogen and oxygen atoms in total. The monoisotopic (exact) mass is 756 g/mol. The molecule has 7 rings (SSSR count). The Kier molecular flexibility index (Phi) is 12.0. The van der Waals surface area contributed by atoms with Gasteiger partial charge >= 0.3 is 23.9 Å². The molecule has 2 saturated heterocycles. The Morgan fingerprint density at radius 3 is 1.49 bits per heavy atom. The highest BCUT2D eigenvalue weighted by molar-refractivity contribution is 5.92. The van der Waals surface area contributed by atoms with Crippen LogP contribution in [0.15, 0.2) is 66.7 Å². The molecule has 0 aromatic heterocycles. The van der Waals surface area contributed by atoms with Crippen LogP contribution in [0.3, 0.4) is 0 Å². The Bertz CT molecular complexity index is 1840. The largest absolute Gasteiger partial charge is 0.455 e. The van der Waals surface area contributed by atoms with Gasteiger partial charge in [0.1, 0.15) is 23.0 Å². The first kappa shape index (κ1) is 38.3. The van der Waals surface area contributed by atoms with Gasteiger partial charge in [-0.25, -0.2) is 9.59 Å². The number of carbonyl (C=O) groups excluding carboxylic acids is 4. The van der Waals surface area contributed by atoms with Gasteiger partial charge in [0.25, 0.3) is 0 Å². The molecule has 3 aromatic rings. The van der Waals surface area contributed by atoms with Crippen LogP contribution in [0.25, 0.3) is 0 Å². The van der Waals surface area contributed by atoms with Crippen LogP contribution >= 0.6 is 0 Å². The van der Waals surface area contributed by atoms with E-state index in [4.69, 9.17) is 37.9 Å². The van der Waals surface area contributed by atoms with Crippen molar-refractivity contribution < 1.29 is 57.1 Å². The Morgan fingerprint density at radius 1 is 0.600 bits per heavy atom. The van der Waals surface area contributed by atoms with Gasteiger partial charge in [-0.2, -0.15) is 0 Å². The van der Waals surface area contributed by atoms with Crippen molar-refractivity contribution in [2.24, 2.45) is 11.8 Å². The molecule has 4 aliphatic rings. The fraction of sp³-hybridized carbons (Fsp3) is 0.488. The fourth-order valence-electron chi connectivity index (χ4n) is 7.21. The summed E-state index contributed by atoms with van der Waals surface area (Å²) in [6.45, 7) is 5.72. The number of epoxide rings is 2. The van der Waals surface area contributed by atoms with E-state index in [9.17, 15) is 19.2 Å². The number of aryl methyl sites for hydroxylation is 1. The van der Waals surface area contributed by atoms with Crippen LogP contribution < -0.4 is 18.9 Å². The Morgan fingerprint density at radius 2 is 1.05 bits per heavy atom. The smallest absolute Gasteiger partial charge is 0.343 e. The molecule has 8 atom stereocenters. The lowest BCUT2D eigenvalue weighted by atomic mass is 9.89. The van der Waals surface area contributed by atoms with E-state index >= 15 is 0 Å². The summed E-state index contributed by atoms with van der Waals surface area (Å²) in [5.74, 6) is -0.520. The zero-order valence-electron chi connectivity index (χ0n) is 31.4. The van der Waals surface area contributed by atoms with Gasteiger partial charge in [-0.05, 0) is 131 Å². The first-order valence-corrected chi connectivity index (χ1v) is 19.5. The van der Waals surface area contributed by atoms with Gasteiger partial charge in [-0.1, -0.05) is 13.8 Å². The van der Waals surface area contributed by atoms with Gasteiger partial charge in [0.15, 0.2) is 0 Å². The van der Waals surface area contributed by atoms with Crippen LogP contribution in [0.4, 0.5) is 0 Å². The van der Waals surface area contributed by atoms with Crippen LogP contribution in [-0.4, -0.2) is 60.9 Å². The van der Waals surface area contributed by atoms with Crippen LogP contribution in [0.2, 0.25) is 0 Å². The lowest BCUT2D eigenvalue weighted by Gasteiger charge is -2.23. The molecule has 12 heteroatoms. The van der Waals surface area contributed by atoms with Crippen LogP contribution in [0, 0.1) is 18.8 Å². The van der Waals surface area contributed by atoms with Crippen molar-refractivity contribution in [2.75, 3.05) is 0 Å². The fourth-order valence-corrected chi connectivity index (χ4v) is 7.21. The molecule has 0 bridgehead atoms. The summed E-state index contributed by atoms with van der Waals surface area (Å²) in [6, 6.07) is 17.6. The zero-order chi connectivity index (χ0) is 38.5. The summed E-state index contributed by atoms with van der Waals surface area (Å²) < 4.78 is 45.7. The van der Waals surface area contributed by atoms with E-state index in [1.807, 2.05) is 13.8 Å². The molecular formula is C43H48O12. The minimum absolute atomic E-state index is 0.176. The minimum atomic E-state index is -0.731. The van der Waals surface area contributed by atoms with Crippen LogP contribution in [-0.2, 0) is 28.5 Å². The quantitative estimate of drug-likeness (QED) is 0.0611. The summed E-state index contributed by atoms with van der Waals surface area (Å²) in [6.07, 6.45) is 6.77. The molecule has 2 heterocycles. The van der Waals surface area contributed by atoms with E-state index in [0.29, 0.717) is 71.8 Å². The Hall–Kier alpha value is -4.94. The molecule has 2 saturated carbocycles. The van der Waals surface area contributed by atoms with E-state index < -0.39 is 24.5 Å². The lowest BCUT2D eigenvalue weighted by Crippen LogP contribution is -2.30. The number of esters is 4. The zero-order valence-corrected chi connectivity index (χ0v) is 31.4. The van der Waals surface area contributed by atoms with E-state index in [-0.39, 0.29) is 41.7 Å². The molecule has 3 aromatic carbocycles. The molecule has 2 aliphatic heterocycles. The molecule has 0 amide bonds. The maximum absolute atomic E-state index is 13.0. The predicted octanol–water partition coefficient (Wildman–Crippen LogP) is 7.66. The molecular weight excluding hydrogens is 708 g/mol. The second kappa shape index (κ2) is 17.2. The highest BCUT2D eigenvalue weighted by Crippen LogP contribution is 2.41. The van der Waals surface area contributed by atoms with E-state index in [2.05, 4.69) is 0 Å². The standard InChI is InChI=1S/C43H48O12/c1-4-6-38(54-42(46)28-12-19-34-36(23-28)51-34)48-30-14-8-26(9-15-30)40(44)50-32-18-21-33(25(3)22-32)53-41(45)27-10-16-31(17-11-27)49-39(7-5-2)55-43(47)29-13-20-35-37(24-29)52-35/h8-11,14-18,21-22,28-29,34-39H,4-7,12-13,19-20,23-24H2,1-3H3. The second-order valence-electron chi connectivity index (χ2n) is 14.7. The van der Waals surface area contributed by atoms with Gasteiger partial charge in [-0.15, -0.1) is 0 Å². The molecule has 0 spiro atoms. The number of carbonyl (C=O) groups is 4. The highest BCUT2D eigenvalue weighted by atomic mass is 16.7. The number of hydrogen-bond donors (Lipinski definition) is 0. The van der Waals surface area contributed by atoms with Gasteiger partial charge in [0, 0.05) is 12.8 Å². The SMILES string of the molecule is CCCC(OC(=O)C1CCC2OC2C1)Oc1ccc(C(=O)Oc2ccc(OC(=O)c3ccc(OC(CCC)OC(=O)C4CCC5OC5C4)cc3)c(C)c2)cc1. The molecule has 4 fully saturated rings. The lowest BCUT2D eigenvalue weighted by molar-refractivity contribution is -0.171. The Balaban J connectivity index is 0.877. The van der Waals surface area contributed by atoms with Gasteiger partial charge in [0.2, 0.25) is 12.6 Å². The molecule has 55 heavy (non-hydrogen) atoms. The van der Waals surface area contributed by atoms with E-state index in [0.717, 1.165) is 38.5 Å². The van der Waals surface area contributed by atoms with Crippen molar-refractivity contribution >= 4 is 23.9 Å². The third-order valence-corrected chi connectivity index (χ3v) is 10.5. The van der Waals surface area contributed by atoms with Crippen LogP contribution in [0.5, 0.6) is 23.0 Å². The van der Waals surface area contributed by atoms with Gasteiger partial charge in [0.05, 0.1) is 47.4 Å². The van der Waals surface area contributed by atoms with E-state index in [1.165, 1.54) is 0 Å². The first-order valence-electron chi connectivity index (χ1n) is 19.5. The number of ether oxygens (including phenoxy) is 8. The van der Waals surface area contributed by atoms with Crippen molar-refractivity contribution in [3.05, 3.63) is 83.4 Å². The number of rotatable bonds is 16. The number of benzene rings is 3. The third kappa shape index (κ3) is 10.0. The number of fused-ring (bicyclic) bond motifs is 2. The van der Waals surface area contributed by atoms with Crippen molar-refractivity contribution in [3.63, 3.8) is 0 Å². The van der Waals surface area contributed by atoms with Crippen LogP contribution in [0.1, 0.15) is 104 Å². The maximum atomic E-state index is 13.0. The normalized spacial score (nSPS) is 24.5. The summed E-state index contributed by atoms with van der Waals surface area (Å²) >= 11 is 0. The Labute approximate surface area is 320 Å². The van der Waals surface area contributed by atoms with E-state index in [1.54, 1.807) is 73.7 Å². The molecule has 0 radical (unpaired) electrons. The average Bonchev–Trinajstić information content (AvgIpc) is 4.11. The minimum Gasteiger partial charge on any atom is -0.455 e. The topological polar surface area (TPSA) is 149 Å². The molecule has 8 unspecified atom stereocenters. The van der Waals surface area contributed by atoms with Crippen molar-refractivity contribution in [1.82, 2.24) is 0 Å². The first-order chi connectivity index (χ1) is 26.6. The molecule has 2 aliphatic carbocycles. The number of hydrogen-bond acceptors (Lipinski definition) is 12. The summed E-state index contributed by atoms with van der Waals surface area (Å²) in [5, 5.41) is 0. The maximum Gasteiger partial charge on any atom is 0.343 e. The average molecular weight is 757 g/mol. The highest BCUT2D eigenvalue weighted by Gasteiger charge is 2.47. The van der Waals surface area contributed by atoms with Crippen molar-refractivity contribution in [1.29, 1.82) is 0 Å². The van der Waals surface area contributed by atoms with Gasteiger partial charge in [-0.3, -0.25) is 9.59 Å². The van der Waals surface area contributed by atoms with Gasteiger partial charge < -0.3 is 37.9 Å². The summed E-state index contributed by atoms with van der Waals surface area (Å²) in [7, 11) is 0. The second-order valence-corrected chi connectivity index (χ2v) is 14.7. The summed E-state index contributed by atoms with van der Waals surface area (Å²) in [4.78, 5) is 51.5. The van der Waals surface area contributed by atoms with Crippen molar-refractivity contribution in [3.8, 4) is 23.0 Å². The molecule has 0 N–H and O–H groups in total. The van der Waals surface area contributed by atoms with Crippen molar-refractivity contribution in [2.45, 2.75) is 122 Å². The predicted molar refractivity (Wildman–Crippen MR) is 197 cm³/mol. The molecule has 292 valence electrons. The summed E-state index contributed by atoms with van der Waals surface area (Å²) in [5.41, 5.74) is 1.19. The third-order valence-electron chi connectivity index (χ3n) is 10.5.